The fraction of sp³-hybridized carbons (Fsp3) is 0.500. The Hall–Kier alpha value is -1.35. The molecular formula is C14H20N2O. The number of hydrogen-bond donors (Lipinski definition) is 1. The van der Waals surface area contributed by atoms with Crippen molar-refractivity contribution in [2.75, 3.05) is 6.54 Å². The van der Waals surface area contributed by atoms with Crippen LogP contribution in [0.25, 0.3) is 0 Å². The van der Waals surface area contributed by atoms with Gasteiger partial charge in [0.2, 0.25) is 5.91 Å². The van der Waals surface area contributed by atoms with E-state index in [-0.39, 0.29) is 18.0 Å². The number of likely N-dealkylation sites (tertiary alicyclic amines) is 1. The van der Waals surface area contributed by atoms with Crippen molar-refractivity contribution in [2.45, 2.75) is 32.4 Å². The van der Waals surface area contributed by atoms with E-state index in [1.165, 1.54) is 5.56 Å². The molecule has 1 aliphatic heterocycles. The van der Waals surface area contributed by atoms with Crippen LogP contribution in [-0.4, -0.2) is 23.4 Å². The molecule has 1 saturated heterocycles. The molecule has 1 aromatic rings. The summed E-state index contributed by atoms with van der Waals surface area (Å²) in [6.07, 6.45) is 0.732. The lowest BCUT2D eigenvalue weighted by Crippen LogP contribution is -2.36. The van der Waals surface area contributed by atoms with Gasteiger partial charge in [0.15, 0.2) is 0 Å². The summed E-state index contributed by atoms with van der Waals surface area (Å²) in [7, 11) is 0. The summed E-state index contributed by atoms with van der Waals surface area (Å²) in [5.41, 5.74) is 7.07. The maximum absolute atomic E-state index is 12.0. The largest absolute Gasteiger partial charge is 0.334 e. The van der Waals surface area contributed by atoms with Crippen LogP contribution >= 0.6 is 0 Å². The molecule has 0 aromatic heterocycles. The molecule has 0 bridgehead atoms. The molecule has 1 fully saturated rings. The van der Waals surface area contributed by atoms with Crippen LogP contribution in [0.5, 0.6) is 0 Å². The number of rotatable bonds is 3. The van der Waals surface area contributed by atoms with Crippen LogP contribution in [0, 0.1) is 5.92 Å². The molecule has 0 saturated carbocycles. The second-order valence-corrected chi connectivity index (χ2v) is 5.15. The minimum atomic E-state index is -0.334. The number of hydrogen-bond acceptors (Lipinski definition) is 2. The Morgan fingerprint density at radius 3 is 2.59 bits per heavy atom. The highest BCUT2D eigenvalue weighted by atomic mass is 16.2. The third kappa shape index (κ3) is 2.50. The third-order valence-electron chi connectivity index (χ3n) is 3.20. The molecule has 1 amide bonds. The molecule has 0 aliphatic carbocycles. The number of nitrogens with two attached hydrogens (primary N) is 1. The molecule has 1 aromatic carbocycles. The third-order valence-corrected chi connectivity index (χ3v) is 3.20. The fourth-order valence-corrected chi connectivity index (χ4v) is 2.44. The topological polar surface area (TPSA) is 46.3 Å². The summed E-state index contributed by atoms with van der Waals surface area (Å²) < 4.78 is 0. The van der Waals surface area contributed by atoms with Gasteiger partial charge >= 0.3 is 0 Å². The predicted molar refractivity (Wildman–Crippen MR) is 68.3 cm³/mol. The summed E-state index contributed by atoms with van der Waals surface area (Å²) >= 11 is 0. The van der Waals surface area contributed by atoms with Gasteiger partial charge in [-0.05, 0) is 17.9 Å². The van der Waals surface area contributed by atoms with E-state index in [0.717, 1.165) is 13.0 Å². The van der Waals surface area contributed by atoms with Crippen LogP contribution in [0.1, 0.15) is 31.9 Å². The van der Waals surface area contributed by atoms with Gasteiger partial charge in [0, 0.05) is 6.54 Å². The van der Waals surface area contributed by atoms with Crippen LogP contribution in [0.15, 0.2) is 30.3 Å². The van der Waals surface area contributed by atoms with Gasteiger partial charge in [0.05, 0.1) is 12.1 Å². The zero-order valence-corrected chi connectivity index (χ0v) is 10.5. The normalized spacial score (nSPS) is 24.7. The Balaban J connectivity index is 2.23. The smallest absolute Gasteiger partial charge is 0.240 e. The van der Waals surface area contributed by atoms with E-state index < -0.39 is 0 Å². The first kappa shape index (κ1) is 12.1. The molecule has 17 heavy (non-hydrogen) atoms. The van der Waals surface area contributed by atoms with Crippen LogP contribution in [0.2, 0.25) is 0 Å². The van der Waals surface area contributed by atoms with E-state index in [0.29, 0.717) is 5.92 Å². The van der Waals surface area contributed by atoms with Crippen molar-refractivity contribution >= 4 is 5.91 Å². The van der Waals surface area contributed by atoms with Crippen LogP contribution in [0.4, 0.5) is 0 Å². The molecule has 3 heteroatoms. The number of amides is 1. The van der Waals surface area contributed by atoms with E-state index >= 15 is 0 Å². The molecule has 92 valence electrons. The van der Waals surface area contributed by atoms with Crippen molar-refractivity contribution in [3.05, 3.63) is 35.9 Å². The van der Waals surface area contributed by atoms with Gasteiger partial charge in [0.1, 0.15) is 0 Å². The van der Waals surface area contributed by atoms with Gasteiger partial charge < -0.3 is 10.6 Å². The first-order valence-corrected chi connectivity index (χ1v) is 6.20. The summed E-state index contributed by atoms with van der Waals surface area (Å²) in [5.74, 6) is 0.558. The molecular weight excluding hydrogens is 212 g/mol. The average molecular weight is 232 g/mol. The molecule has 2 atom stereocenters. The molecule has 1 heterocycles. The number of nitrogens with zero attached hydrogens (tertiary/aromatic N) is 1. The highest BCUT2D eigenvalue weighted by Crippen LogP contribution is 2.32. The predicted octanol–water partition coefficient (Wildman–Crippen LogP) is 1.94. The highest BCUT2D eigenvalue weighted by Gasteiger charge is 2.37. The van der Waals surface area contributed by atoms with Crippen LogP contribution in [0.3, 0.4) is 0 Å². The highest BCUT2D eigenvalue weighted by molar-refractivity contribution is 5.84. The zero-order valence-electron chi connectivity index (χ0n) is 10.5. The first-order valence-electron chi connectivity index (χ1n) is 6.20. The van der Waals surface area contributed by atoms with Gasteiger partial charge in [0.25, 0.3) is 0 Å². The van der Waals surface area contributed by atoms with Gasteiger partial charge in [-0.25, -0.2) is 0 Å². The summed E-state index contributed by atoms with van der Waals surface area (Å²) in [5, 5.41) is 0. The lowest BCUT2D eigenvalue weighted by atomic mass is 10.0. The second-order valence-electron chi connectivity index (χ2n) is 5.15. The Bertz CT molecular complexity index is 388. The van der Waals surface area contributed by atoms with Crippen molar-refractivity contribution in [1.82, 2.24) is 4.90 Å². The monoisotopic (exact) mass is 232 g/mol. The van der Waals surface area contributed by atoms with Crippen molar-refractivity contribution in [3.8, 4) is 0 Å². The maximum atomic E-state index is 12.0. The molecule has 1 aliphatic rings. The van der Waals surface area contributed by atoms with Crippen molar-refractivity contribution < 1.29 is 4.79 Å². The van der Waals surface area contributed by atoms with Gasteiger partial charge in [-0.3, -0.25) is 4.79 Å². The summed E-state index contributed by atoms with van der Waals surface area (Å²) in [6, 6.07) is 9.98. The number of carbonyl (C=O) groups is 1. The van der Waals surface area contributed by atoms with Crippen molar-refractivity contribution in [2.24, 2.45) is 11.7 Å². The minimum Gasteiger partial charge on any atom is -0.334 e. The standard InChI is InChI=1S/C14H20N2O/c1-10(2)9-16-13(8-12(15)14(16)17)11-6-4-3-5-7-11/h3-7,10,12-13H,8-9,15H2,1-2H3/t12-,13+/m0/s1. The average Bonchev–Trinajstić information content (AvgIpc) is 2.58. The molecule has 2 N–H and O–H groups in total. The molecule has 3 nitrogen and oxygen atoms in total. The SMILES string of the molecule is CC(C)CN1C(=O)[C@@H](N)C[C@@H]1c1ccccc1. The van der Waals surface area contributed by atoms with Gasteiger partial charge in [-0.2, -0.15) is 0 Å². The lowest BCUT2D eigenvalue weighted by molar-refractivity contribution is -0.130. The summed E-state index contributed by atoms with van der Waals surface area (Å²) in [4.78, 5) is 14.0. The molecule has 0 radical (unpaired) electrons. The zero-order chi connectivity index (χ0) is 12.4. The van der Waals surface area contributed by atoms with Gasteiger partial charge in [-0.15, -0.1) is 0 Å². The van der Waals surface area contributed by atoms with Crippen LogP contribution in [-0.2, 0) is 4.79 Å². The van der Waals surface area contributed by atoms with E-state index in [1.54, 1.807) is 0 Å². The Kier molecular flexibility index (Phi) is 3.48. The van der Waals surface area contributed by atoms with E-state index in [4.69, 9.17) is 5.73 Å². The molecule has 0 unspecified atom stereocenters. The van der Waals surface area contributed by atoms with Crippen LogP contribution < -0.4 is 5.73 Å². The molecule has 2 rings (SSSR count). The lowest BCUT2D eigenvalue weighted by Gasteiger charge is -2.26. The van der Waals surface area contributed by atoms with Crippen molar-refractivity contribution in [3.63, 3.8) is 0 Å². The Morgan fingerprint density at radius 1 is 1.35 bits per heavy atom. The molecule has 0 spiro atoms. The number of carbonyl (C=O) groups excluding carboxylic acids is 1. The fourth-order valence-electron chi connectivity index (χ4n) is 2.44. The minimum absolute atomic E-state index is 0.0903. The first-order chi connectivity index (χ1) is 8.09. The maximum Gasteiger partial charge on any atom is 0.240 e. The van der Waals surface area contributed by atoms with E-state index in [9.17, 15) is 4.79 Å². The second kappa shape index (κ2) is 4.88. The van der Waals surface area contributed by atoms with E-state index in [2.05, 4.69) is 26.0 Å². The van der Waals surface area contributed by atoms with Crippen molar-refractivity contribution in [1.29, 1.82) is 0 Å². The Labute approximate surface area is 103 Å². The quantitative estimate of drug-likeness (QED) is 0.865. The van der Waals surface area contributed by atoms with E-state index in [1.807, 2.05) is 23.1 Å². The number of benzene rings is 1. The van der Waals surface area contributed by atoms with Gasteiger partial charge in [-0.1, -0.05) is 44.2 Å². The Morgan fingerprint density at radius 2 is 2.00 bits per heavy atom. The summed E-state index contributed by atoms with van der Waals surface area (Å²) in [6.45, 7) is 5.03.